The van der Waals surface area contributed by atoms with E-state index in [1.807, 2.05) is 32.0 Å². The molecule has 0 radical (unpaired) electrons. The third-order valence-corrected chi connectivity index (χ3v) is 7.78. The Balaban J connectivity index is 1.88. The molecule has 1 heterocycles. The summed E-state index contributed by atoms with van der Waals surface area (Å²) >= 11 is 1.95. The molecule has 214 valence electrons. The van der Waals surface area contributed by atoms with Crippen molar-refractivity contribution < 1.29 is 31.5 Å². The zero-order valence-corrected chi connectivity index (χ0v) is 24.8. The van der Waals surface area contributed by atoms with Gasteiger partial charge in [0.25, 0.3) is 21.7 Å². The standard InChI is InChI=1S/C25H26F2IN5O6S/c1-12-21(39-18-10-9-17(20(27)22(18)38-4)32-40(36,37)29-2)19(24(34)30-14-6-7-14)23(33(3)25(12)35)31-16-8-5-13(28)11-15(16)26/h5,8-11,14,29,31-32H,6-7H2,1-4H3,(H,30,34). The first-order valence-corrected chi connectivity index (χ1v) is 14.4. The van der Waals surface area contributed by atoms with Crippen LogP contribution in [-0.4, -0.2) is 39.1 Å². The van der Waals surface area contributed by atoms with Crippen LogP contribution < -0.4 is 35.1 Å². The lowest BCUT2D eigenvalue weighted by atomic mass is 10.1. The number of hydrogen-bond donors (Lipinski definition) is 4. The number of methoxy groups -OCH3 is 1. The van der Waals surface area contributed by atoms with Crippen molar-refractivity contribution in [3.05, 3.63) is 67.0 Å². The first-order chi connectivity index (χ1) is 18.9. The van der Waals surface area contributed by atoms with E-state index >= 15 is 4.39 Å². The van der Waals surface area contributed by atoms with Crippen molar-refractivity contribution in [1.29, 1.82) is 0 Å². The number of hydrogen-bond acceptors (Lipinski definition) is 7. The van der Waals surface area contributed by atoms with Crippen LogP contribution in [0.15, 0.2) is 35.1 Å². The van der Waals surface area contributed by atoms with Crippen LogP contribution in [0.2, 0.25) is 0 Å². The van der Waals surface area contributed by atoms with Gasteiger partial charge in [0, 0.05) is 23.7 Å². The highest BCUT2D eigenvalue weighted by molar-refractivity contribution is 14.1. The maximum Gasteiger partial charge on any atom is 0.298 e. The zero-order valence-electron chi connectivity index (χ0n) is 21.8. The van der Waals surface area contributed by atoms with Crippen molar-refractivity contribution in [2.24, 2.45) is 7.05 Å². The first kappa shape index (κ1) is 29.5. The van der Waals surface area contributed by atoms with Crippen LogP contribution in [0.3, 0.4) is 0 Å². The second-order valence-electron chi connectivity index (χ2n) is 8.91. The van der Waals surface area contributed by atoms with Gasteiger partial charge in [-0.15, -0.1) is 0 Å². The summed E-state index contributed by atoms with van der Waals surface area (Å²) in [6, 6.07) is 6.65. The van der Waals surface area contributed by atoms with Crippen LogP contribution in [0.4, 0.5) is 26.0 Å². The van der Waals surface area contributed by atoms with E-state index in [1.54, 1.807) is 6.07 Å². The molecule has 4 N–H and O–H groups in total. The molecule has 2 aromatic carbocycles. The van der Waals surface area contributed by atoms with Crippen molar-refractivity contribution in [2.45, 2.75) is 25.8 Å². The Morgan fingerprint density at radius 1 is 1.12 bits per heavy atom. The lowest BCUT2D eigenvalue weighted by Crippen LogP contribution is -2.31. The molecule has 0 saturated heterocycles. The minimum Gasteiger partial charge on any atom is -0.490 e. The number of anilines is 3. The number of carbonyl (C=O) groups excluding carboxylic acids is 1. The molecule has 1 saturated carbocycles. The Labute approximate surface area is 242 Å². The van der Waals surface area contributed by atoms with Crippen LogP contribution in [-0.2, 0) is 17.3 Å². The summed E-state index contributed by atoms with van der Waals surface area (Å²) in [5.41, 5.74) is -1.09. The van der Waals surface area contributed by atoms with Crippen LogP contribution in [0.25, 0.3) is 0 Å². The maximum absolute atomic E-state index is 15.3. The molecule has 1 aromatic heterocycles. The predicted molar refractivity (Wildman–Crippen MR) is 154 cm³/mol. The van der Waals surface area contributed by atoms with E-state index in [9.17, 15) is 22.4 Å². The molecule has 3 aromatic rings. The predicted octanol–water partition coefficient (Wildman–Crippen LogP) is 3.89. The number of amides is 1. The zero-order chi connectivity index (χ0) is 29.4. The monoisotopic (exact) mass is 689 g/mol. The average Bonchev–Trinajstić information content (AvgIpc) is 3.72. The maximum atomic E-state index is 15.3. The number of pyridine rings is 1. The highest BCUT2D eigenvalue weighted by Gasteiger charge is 2.31. The van der Waals surface area contributed by atoms with Gasteiger partial charge < -0.3 is 20.1 Å². The molecule has 0 unspecified atom stereocenters. The fraction of sp³-hybridized carbons (Fsp3) is 0.280. The van der Waals surface area contributed by atoms with E-state index in [1.165, 1.54) is 32.2 Å². The fourth-order valence-electron chi connectivity index (χ4n) is 3.79. The minimum atomic E-state index is -4.05. The Morgan fingerprint density at radius 3 is 2.40 bits per heavy atom. The molecule has 1 amide bonds. The topological polar surface area (TPSA) is 140 Å². The van der Waals surface area contributed by atoms with Crippen molar-refractivity contribution in [1.82, 2.24) is 14.6 Å². The third kappa shape index (κ3) is 6.15. The number of nitrogens with one attached hydrogen (secondary N) is 4. The molecule has 0 bridgehead atoms. The average molecular weight is 689 g/mol. The number of aromatic nitrogens is 1. The normalized spacial score (nSPS) is 13.1. The Bertz CT molecular complexity index is 1660. The number of benzene rings is 2. The second kappa shape index (κ2) is 11.6. The molecular formula is C25H26F2IN5O6S. The summed E-state index contributed by atoms with van der Waals surface area (Å²) < 4.78 is 70.8. The lowest BCUT2D eigenvalue weighted by molar-refractivity contribution is 0.0948. The van der Waals surface area contributed by atoms with E-state index in [0.29, 0.717) is 3.57 Å². The van der Waals surface area contributed by atoms with Gasteiger partial charge in [0.05, 0.1) is 24.0 Å². The van der Waals surface area contributed by atoms with E-state index in [0.717, 1.165) is 37.6 Å². The summed E-state index contributed by atoms with van der Waals surface area (Å²) in [6.07, 6.45) is 1.54. The van der Waals surface area contributed by atoms with Crippen molar-refractivity contribution in [2.75, 3.05) is 24.2 Å². The summed E-state index contributed by atoms with van der Waals surface area (Å²) in [5, 5.41) is 5.68. The van der Waals surface area contributed by atoms with Crippen LogP contribution in [0.5, 0.6) is 17.2 Å². The molecule has 40 heavy (non-hydrogen) atoms. The smallest absolute Gasteiger partial charge is 0.298 e. The Hall–Kier alpha value is -3.44. The van der Waals surface area contributed by atoms with Crippen molar-refractivity contribution >= 4 is 55.9 Å². The fourth-order valence-corrected chi connectivity index (χ4v) is 4.80. The third-order valence-electron chi connectivity index (χ3n) is 6.08. The molecule has 1 aliphatic rings. The number of halogens is 3. The first-order valence-electron chi connectivity index (χ1n) is 11.9. The summed E-state index contributed by atoms with van der Waals surface area (Å²) in [4.78, 5) is 26.7. The van der Waals surface area contributed by atoms with E-state index in [4.69, 9.17) is 9.47 Å². The second-order valence-corrected chi connectivity index (χ2v) is 11.8. The highest BCUT2D eigenvalue weighted by atomic mass is 127. The molecule has 15 heteroatoms. The van der Waals surface area contributed by atoms with Gasteiger partial charge in [0.1, 0.15) is 17.2 Å². The molecular weight excluding hydrogens is 663 g/mol. The number of carbonyl (C=O) groups is 1. The highest BCUT2D eigenvalue weighted by Crippen LogP contribution is 2.41. The lowest BCUT2D eigenvalue weighted by Gasteiger charge is -2.22. The summed E-state index contributed by atoms with van der Waals surface area (Å²) in [5.74, 6) is -3.29. The largest absolute Gasteiger partial charge is 0.490 e. The van der Waals surface area contributed by atoms with E-state index in [-0.39, 0.29) is 40.2 Å². The quantitative estimate of drug-likeness (QED) is 0.237. The van der Waals surface area contributed by atoms with Gasteiger partial charge in [-0.25, -0.2) is 13.5 Å². The molecule has 4 rings (SSSR count). The SMILES string of the molecule is CNS(=O)(=O)Nc1ccc(Oc2c(C(=O)NC3CC3)c(Nc3ccc(I)cc3F)n(C)c(=O)c2C)c(OC)c1F. The summed E-state index contributed by atoms with van der Waals surface area (Å²) in [6.45, 7) is 1.43. The van der Waals surface area contributed by atoms with Crippen molar-refractivity contribution in [3.63, 3.8) is 0 Å². The molecule has 11 nitrogen and oxygen atoms in total. The Kier molecular flexibility index (Phi) is 8.55. The molecule has 0 aliphatic heterocycles. The molecule has 0 atom stereocenters. The Morgan fingerprint density at radius 2 is 1.80 bits per heavy atom. The van der Waals surface area contributed by atoms with Crippen molar-refractivity contribution in [3.8, 4) is 17.2 Å². The number of nitrogens with zero attached hydrogens (tertiary/aromatic N) is 1. The van der Waals surface area contributed by atoms with Crippen LogP contribution in [0, 0.1) is 22.1 Å². The van der Waals surface area contributed by atoms with Gasteiger partial charge in [-0.1, -0.05) is 0 Å². The molecule has 0 spiro atoms. The minimum absolute atomic E-state index is 0.00971. The summed E-state index contributed by atoms with van der Waals surface area (Å²) in [7, 11) is -0.334. The van der Waals surface area contributed by atoms with Crippen LogP contribution >= 0.6 is 22.6 Å². The van der Waals surface area contributed by atoms with E-state index < -0.39 is 44.7 Å². The van der Waals surface area contributed by atoms with Crippen LogP contribution in [0.1, 0.15) is 28.8 Å². The van der Waals surface area contributed by atoms with Gasteiger partial charge in [0.15, 0.2) is 23.1 Å². The number of ether oxygens (including phenoxy) is 2. The van der Waals surface area contributed by atoms with Gasteiger partial charge >= 0.3 is 0 Å². The van der Waals surface area contributed by atoms with E-state index in [2.05, 4.69) is 10.6 Å². The molecule has 1 aliphatic carbocycles. The number of rotatable bonds is 10. The van der Waals surface area contributed by atoms with Gasteiger partial charge in [-0.2, -0.15) is 8.42 Å². The van der Waals surface area contributed by atoms with Gasteiger partial charge in [-0.05, 0) is 72.7 Å². The molecule has 1 fully saturated rings. The van der Waals surface area contributed by atoms with Gasteiger partial charge in [0.2, 0.25) is 0 Å². The van der Waals surface area contributed by atoms with Gasteiger partial charge in [-0.3, -0.25) is 18.9 Å².